The first-order chi connectivity index (χ1) is 8.21. The minimum absolute atomic E-state index is 0.125. The maximum atomic E-state index is 5.84. The van der Waals surface area contributed by atoms with Crippen LogP contribution in [0.4, 0.5) is 5.69 Å². The fourth-order valence-corrected chi connectivity index (χ4v) is 2.55. The Morgan fingerprint density at radius 3 is 2.28 bits per heavy atom. The number of benzene rings is 1. The second-order valence-corrected chi connectivity index (χ2v) is 7.07. The van der Waals surface area contributed by atoms with Gasteiger partial charge in [-0.05, 0) is 37.8 Å². The average Bonchev–Trinajstić information content (AvgIpc) is 2.24. The van der Waals surface area contributed by atoms with E-state index in [2.05, 4.69) is 64.6 Å². The molecule has 1 aliphatic rings. The SMILES string of the molecule is CC(C)(C)c1cccc2c1N(C(C)(C)C)CCO2. The number of nitrogens with zero attached hydrogens (tertiary/aromatic N) is 1. The third-order valence-corrected chi connectivity index (χ3v) is 3.46. The van der Waals surface area contributed by atoms with Crippen LogP contribution in [-0.2, 0) is 5.41 Å². The van der Waals surface area contributed by atoms with E-state index >= 15 is 0 Å². The fraction of sp³-hybridized carbons (Fsp3) is 0.625. The Kier molecular flexibility index (Phi) is 3.08. The summed E-state index contributed by atoms with van der Waals surface area (Å²) in [6, 6.07) is 6.42. The Bertz CT molecular complexity index is 437. The first kappa shape index (κ1) is 13.3. The van der Waals surface area contributed by atoms with Crippen molar-refractivity contribution in [3.63, 3.8) is 0 Å². The molecule has 2 nitrogen and oxygen atoms in total. The quantitative estimate of drug-likeness (QED) is 0.687. The van der Waals surface area contributed by atoms with E-state index in [0.29, 0.717) is 0 Å². The number of hydrogen-bond donors (Lipinski definition) is 0. The monoisotopic (exact) mass is 247 g/mol. The molecule has 1 aliphatic heterocycles. The van der Waals surface area contributed by atoms with E-state index in [-0.39, 0.29) is 11.0 Å². The fourth-order valence-electron chi connectivity index (χ4n) is 2.55. The van der Waals surface area contributed by atoms with E-state index in [1.165, 1.54) is 11.3 Å². The van der Waals surface area contributed by atoms with Gasteiger partial charge in [0.2, 0.25) is 0 Å². The molecule has 0 N–H and O–H groups in total. The van der Waals surface area contributed by atoms with Crippen LogP contribution in [0.25, 0.3) is 0 Å². The molecule has 18 heavy (non-hydrogen) atoms. The van der Waals surface area contributed by atoms with Crippen molar-refractivity contribution in [1.29, 1.82) is 0 Å². The number of ether oxygens (including phenoxy) is 1. The van der Waals surface area contributed by atoms with Crippen LogP contribution in [0.3, 0.4) is 0 Å². The molecular formula is C16H25NO. The third-order valence-electron chi connectivity index (χ3n) is 3.46. The zero-order valence-corrected chi connectivity index (χ0v) is 12.5. The predicted molar refractivity (Wildman–Crippen MR) is 77.7 cm³/mol. The van der Waals surface area contributed by atoms with Crippen molar-refractivity contribution in [2.75, 3.05) is 18.1 Å². The molecule has 2 heteroatoms. The number of para-hydroxylation sites is 1. The maximum absolute atomic E-state index is 5.84. The van der Waals surface area contributed by atoms with E-state index < -0.39 is 0 Å². The smallest absolute Gasteiger partial charge is 0.143 e. The van der Waals surface area contributed by atoms with Crippen LogP contribution < -0.4 is 9.64 Å². The predicted octanol–water partition coefficient (Wildman–Crippen LogP) is 3.98. The lowest BCUT2D eigenvalue weighted by Crippen LogP contribution is -2.47. The van der Waals surface area contributed by atoms with Gasteiger partial charge in [0.15, 0.2) is 0 Å². The van der Waals surface area contributed by atoms with Crippen LogP contribution in [0.1, 0.15) is 47.1 Å². The van der Waals surface area contributed by atoms with E-state index in [9.17, 15) is 0 Å². The Balaban J connectivity index is 2.61. The molecule has 0 aromatic heterocycles. The molecule has 0 amide bonds. The first-order valence-corrected chi connectivity index (χ1v) is 6.75. The highest BCUT2D eigenvalue weighted by atomic mass is 16.5. The van der Waals surface area contributed by atoms with Gasteiger partial charge in [0.05, 0.1) is 12.2 Å². The molecule has 0 fully saturated rings. The molecule has 0 radical (unpaired) electrons. The second-order valence-electron chi connectivity index (χ2n) is 7.07. The van der Waals surface area contributed by atoms with Crippen molar-refractivity contribution in [2.24, 2.45) is 0 Å². The minimum Gasteiger partial charge on any atom is -0.490 e. The lowest BCUT2D eigenvalue weighted by Gasteiger charge is -2.44. The summed E-state index contributed by atoms with van der Waals surface area (Å²) in [7, 11) is 0. The van der Waals surface area contributed by atoms with E-state index in [0.717, 1.165) is 18.9 Å². The molecule has 0 saturated heterocycles. The number of hydrogen-bond acceptors (Lipinski definition) is 2. The highest BCUT2D eigenvalue weighted by Crippen LogP contribution is 2.43. The van der Waals surface area contributed by atoms with Gasteiger partial charge in [-0.25, -0.2) is 0 Å². The zero-order valence-electron chi connectivity index (χ0n) is 12.5. The van der Waals surface area contributed by atoms with E-state index in [1.807, 2.05) is 0 Å². The summed E-state index contributed by atoms with van der Waals surface area (Å²) in [4.78, 5) is 2.48. The van der Waals surface area contributed by atoms with Gasteiger partial charge in [0.25, 0.3) is 0 Å². The van der Waals surface area contributed by atoms with Crippen LogP contribution in [0.15, 0.2) is 18.2 Å². The third kappa shape index (κ3) is 2.33. The lowest BCUT2D eigenvalue weighted by atomic mass is 9.84. The lowest BCUT2D eigenvalue weighted by molar-refractivity contribution is 0.287. The molecule has 1 aromatic rings. The number of rotatable bonds is 0. The molecular weight excluding hydrogens is 222 g/mol. The Morgan fingerprint density at radius 1 is 1.06 bits per heavy atom. The van der Waals surface area contributed by atoms with Crippen LogP contribution in [0.2, 0.25) is 0 Å². The van der Waals surface area contributed by atoms with Gasteiger partial charge in [-0.1, -0.05) is 32.9 Å². The summed E-state index contributed by atoms with van der Waals surface area (Å²) in [6.07, 6.45) is 0. The van der Waals surface area contributed by atoms with E-state index in [4.69, 9.17) is 4.74 Å². The Morgan fingerprint density at radius 2 is 1.72 bits per heavy atom. The van der Waals surface area contributed by atoms with Crippen molar-refractivity contribution in [3.8, 4) is 5.75 Å². The van der Waals surface area contributed by atoms with Gasteiger partial charge in [-0.3, -0.25) is 0 Å². The summed E-state index contributed by atoms with van der Waals surface area (Å²) >= 11 is 0. The number of fused-ring (bicyclic) bond motifs is 1. The summed E-state index contributed by atoms with van der Waals surface area (Å²) in [5, 5.41) is 0. The zero-order chi connectivity index (χ0) is 13.6. The van der Waals surface area contributed by atoms with Crippen LogP contribution in [0.5, 0.6) is 5.75 Å². The van der Waals surface area contributed by atoms with Crippen molar-refractivity contribution >= 4 is 5.69 Å². The normalized spacial score (nSPS) is 16.2. The topological polar surface area (TPSA) is 12.5 Å². The summed E-state index contributed by atoms with van der Waals surface area (Å²) < 4.78 is 5.84. The Labute approximate surface area is 111 Å². The largest absolute Gasteiger partial charge is 0.490 e. The molecule has 0 aliphatic carbocycles. The van der Waals surface area contributed by atoms with Crippen LogP contribution in [0, 0.1) is 0 Å². The minimum atomic E-state index is 0.125. The molecule has 100 valence electrons. The van der Waals surface area contributed by atoms with Crippen molar-refractivity contribution in [3.05, 3.63) is 23.8 Å². The van der Waals surface area contributed by atoms with Gasteiger partial charge in [-0.2, -0.15) is 0 Å². The maximum Gasteiger partial charge on any atom is 0.143 e. The molecule has 0 unspecified atom stereocenters. The highest BCUT2D eigenvalue weighted by Gasteiger charge is 2.32. The summed E-state index contributed by atoms with van der Waals surface area (Å²) in [5.41, 5.74) is 2.91. The Hall–Kier alpha value is -1.18. The van der Waals surface area contributed by atoms with E-state index in [1.54, 1.807) is 0 Å². The van der Waals surface area contributed by atoms with Gasteiger partial charge in [0, 0.05) is 5.54 Å². The second kappa shape index (κ2) is 4.18. The van der Waals surface area contributed by atoms with Gasteiger partial charge in [0.1, 0.15) is 12.4 Å². The molecule has 1 aromatic carbocycles. The molecule has 0 atom stereocenters. The summed E-state index contributed by atoms with van der Waals surface area (Å²) in [6.45, 7) is 15.3. The first-order valence-electron chi connectivity index (χ1n) is 6.75. The van der Waals surface area contributed by atoms with Crippen molar-refractivity contribution in [2.45, 2.75) is 52.5 Å². The van der Waals surface area contributed by atoms with Gasteiger partial charge in [-0.15, -0.1) is 0 Å². The average molecular weight is 247 g/mol. The molecule has 0 spiro atoms. The molecule has 0 bridgehead atoms. The standard InChI is InChI=1S/C16H25NO/c1-15(2,3)12-8-7-9-13-14(12)17(10-11-18-13)16(4,5)6/h7-9H,10-11H2,1-6H3. The highest BCUT2D eigenvalue weighted by molar-refractivity contribution is 5.68. The molecule has 2 rings (SSSR count). The van der Waals surface area contributed by atoms with Gasteiger partial charge >= 0.3 is 0 Å². The van der Waals surface area contributed by atoms with Crippen LogP contribution >= 0.6 is 0 Å². The van der Waals surface area contributed by atoms with Crippen LogP contribution in [-0.4, -0.2) is 18.7 Å². The summed E-state index contributed by atoms with van der Waals surface area (Å²) in [5.74, 6) is 1.03. The van der Waals surface area contributed by atoms with Gasteiger partial charge < -0.3 is 9.64 Å². The molecule has 1 heterocycles. The van der Waals surface area contributed by atoms with Crippen molar-refractivity contribution < 1.29 is 4.74 Å². The molecule has 0 saturated carbocycles. The number of anilines is 1. The van der Waals surface area contributed by atoms with Crippen molar-refractivity contribution in [1.82, 2.24) is 0 Å².